The minimum absolute atomic E-state index is 0.412. The van der Waals surface area contributed by atoms with Gasteiger partial charge in [-0.1, -0.05) is 22.0 Å². The zero-order valence-electron chi connectivity index (χ0n) is 9.86. The monoisotopic (exact) mass is 316 g/mol. The van der Waals surface area contributed by atoms with Gasteiger partial charge in [0.05, 0.1) is 12.2 Å². The molecule has 17 heavy (non-hydrogen) atoms. The van der Waals surface area contributed by atoms with Crippen molar-refractivity contribution >= 4 is 27.7 Å². The molecule has 0 aromatic heterocycles. The summed E-state index contributed by atoms with van der Waals surface area (Å²) in [5, 5.41) is 9.54. The molecule has 2 rings (SSSR count). The Bertz CT molecular complexity index is 376. The lowest BCUT2D eigenvalue weighted by Crippen LogP contribution is -2.07. The summed E-state index contributed by atoms with van der Waals surface area (Å²) in [6.07, 6.45) is 2.35. The molecule has 1 saturated heterocycles. The predicted octanol–water partition coefficient (Wildman–Crippen LogP) is 3.77. The Morgan fingerprint density at radius 2 is 2.41 bits per heavy atom. The van der Waals surface area contributed by atoms with Crippen molar-refractivity contribution in [2.24, 2.45) is 0 Å². The SMILES string of the molecule is C[C@H](O)c1ccc(SCC2CCCO2)cc1Br. The first kappa shape index (κ1) is 13.4. The Hall–Kier alpha value is -0.0300. The summed E-state index contributed by atoms with van der Waals surface area (Å²) >= 11 is 5.31. The van der Waals surface area contributed by atoms with Crippen molar-refractivity contribution < 1.29 is 9.84 Å². The highest BCUT2D eigenvalue weighted by atomic mass is 79.9. The summed E-state index contributed by atoms with van der Waals surface area (Å²) in [5.74, 6) is 1.01. The van der Waals surface area contributed by atoms with Crippen molar-refractivity contribution in [2.75, 3.05) is 12.4 Å². The van der Waals surface area contributed by atoms with Gasteiger partial charge in [-0.3, -0.25) is 0 Å². The second-order valence-electron chi connectivity index (χ2n) is 4.31. The largest absolute Gasteiger partial charge is 0.389 e. The number of hydrogen-bond donors (Lipinski definition) is 1. The van der Waals surface area contributed by atoms with Gasteiger partial charge >= 0.3 is 0 Å². The fourth-order valence-corrected chi connectivity index (χ4v) is 3.77. The third-order valence-corrected chi connectivity index (χ3v) is 4.69. The van der Waals surface area contributed by atoms with E-state index in [1.807, 2.05) is 17.8 Å². The van der Waals surface area contributed by atoms with Gasteiger partial charge in [0.25, 0.3) is 0 Å². The van der Waals surface area contributed by atoms with E-state index in [2.05, 4.69) is 28.1 Å². The molecule has 2 nitrogen and oxygen atoms in total. The quantitative estimate of drug-likeness (QED) is 0.857. The van der Waals surface area contributed by atoms with E-state index in [1.165, 1.54) is 17.7 Å². The van der Waals surface area contributed by atoms with Gasteiger partial charge in [-0.2, -0.15) is 0 Å². The normalized spacial score (nSPS) is 21.7. The standard InChI is InChI=1S/C13H17BrO2S/c1-9(15)12-5-4-11(7-13(12)14)17-8-10-3-2-6-16-10/h4-5,7,9-10,15H,2-3,6,8H2,1H3/t9-,10?/m0/s1. The third-order valence-electron chi connectivity index (χ3n) is 2.88. The van der Waals surface area contributed by atoms with Crippen LogP contribution >= 0.6 is 27.7 Å². The fraction of sp³-hybridized carbons (Fsp3) is 0.538. The molecule has 1 aromatic carbocycles. The number of ether oxygens (including phenoxy) is 1. The Balaban J connectivity index is 1.94. The van der Waals surface area contributed by atoms with Crippen LogP contribution in [0.1, 0.15) is 31.4 Å². The van der Waals surface area contributed by atoms with E-state index in [9.17, 15) is 5.11 Å². The highest BCUT2D eigenvalue weighted by molar-refractivity contribution is 9.10. The van der Waals surface area contributed by atoms with Crippen LogP contribution in [0.5, 0.6) is 0 Å². The molecule has 1 fully saturated rings. The first-order valence-electron chi connectivity index (χ1n) is 5.88. The van der Waals surface area contributed by atoms with Crippen LogP contribution in [0.3, 0.4) is 0 Å². The molecule has 0 saturated carbocycles. The lowest BCUT2D eigenvalue weighted by Gasteiger charge is -2.11. The molecule has 0 bridgehead atoms. The Morgan fingerprint density at radius 3 is 3.00 bits per heavy atom. The Kier molecular flexibility index (Phi) is 4.91. The lowest BCUT2D eigenvalue weighted by atomic mass is 10.1. The molecule has 0 radical (unpaired) electrons. The van der Waals surface area contributed by atoms with Gasteiger partial charge < -0.3 is 9.84 Å². The number of rotatable bonds is 4. The molecule has 1 aromatic rings. The summed E-state index contributed by atoms with van der Waals surface area (Å²) in [6, 6.07) is 6.11. The van der Waals surface area contributed by atoms with Crippen molar-refractivity contribution in [3.05, 3.63) is 28.2 Å². The highest BCUT2D eigenvalue weighted by Crippen LogP contribution is 2.30. The summed E-state index contributed by atoms with van der Waals surface area (Å²) in [5.41, 5.74) is 0.937. The number of halogens is 1. The minimum atomic E-state index is -0.429. The number of thioether (sulfide) groups is 1. The van der Waals surface area contributed by atoms with Gasteiger partial charge in [0.15, 0.2) is 0 Å². The molecule has 4 heteroatoms. The zero-order valence-corrected chi connectivity index (χ0v) is 12.3. The summed E-state index contributed by atoms with van der Waals surface area (Å²) in [7, 11) is 0. The van der Waals surface area contributed by atoms with Crippen LogP contribution in [0, 0.1) is 0 Å². The van der Waals surface area contributed by atoms with Crippen LogP contribution in [-0.2, 0) is 4.74 Å². The summed E-state index contributed by atoms with van der Waals surface area (Å²) in [4.78, 5) is 1.22. The van der Waals surface area contributed by atoms with E-state index >= 15 is 0 Å². The van der Waals surface area contributed by atoms with Gasteiger partial charge in [0, 0.05) is 21.7 Å². The second kappa shape index (κ2) is 6.23. The molecule has 1 N–H and O–H groups in total. The second-order valence-corrected chi connectivity index (χ2v) is 6.25. The first-order valence-corrected chi connectivity index (χ1v) is 7.66. The smallest absolute Gasteiger partial charge is 0.0772 e. The maximum absolute atomic E-state index is 9.54. The Labute approximate surface area is 115 Å². The zero-order chi connectivity index (χ0) is 12.3. The van der Waals surface area contributed by atoms with Crippen LogP contribution < -0.4 is 0 Å². The highest BCUT2D eigenvalue weighted by Gasteiger charge is 2.15. The van der Waals surface area contributed by atoms with Crippen molar-refractivity contribution in [2.45, 2.75) is 36.9 Å². The van der Waals surface area contributed by atoms with Gasteiger partial charge in [-0.05, 0) is 37.5 Å². The van der Waals surface area contributed by atoms with Gasteiger partial charge in [0.2, 0.25) is 0 Å². The van der Waals surface area contributed by atoms with Crippen LogP contribution in [0.25, 0.3) is 0 Å². The van der Waals surface area contributed by atoms with E-state index in [0.29, 0.717) is 6.10 Å². The molecule has 94 valence electrons. The Morgan fingerprint density at radius 1 is 1.59 bits per heavy atom. The van der Waals surface area contributed by atoms with E-state index < -0.39 is 6.10 Å². The average molecular weight is 317 g/mol. The van der Waals surface area contributed by atoms with Crippen molar-refractivity contribution in [1.82, 2.24) is 0 Å². The summed E-state index contributed by atoms with van der Waals surface area (Å²) in [6.45, 7) is 2.69. The van der Waals surface area contributed by atoms with E-state index in [-0.39, 0.29) is 0 Å². The number of benzene rings is 1. The molecule has 1 unspecified atom stereocenters. The summed E-state index contributed by atoms with van der Waals surface area (Å²) < 4.78 is 6.57. The van der Waals surface area contributed by atoms with Gasteiger partial charge in [-0.15, -0.1) is 11.8 Å². The number of aliphatic hydroxyl groups excluding tert-OH is 1. The van der Waals surface area contributed by atoms with E-state index in [0.717, 1.165) is 22.4 Å². The third kappa shape index (κ3) is 3.71. The predicted molar refractivity (Wildman–Crippen MR) is 74.5 cm³/mol. The molecule has 2 atom stereocenters. The van der Waals surface area contributed by atoms with Gasteiger partial charge in [-0.25, -0.2) is 0 Å². The number of aliphatic hydroxyl groups is 1. The van der Waals surface area contributed by atoms with Crippen LogP contribution in [-0.4, -0.2) is 23.6 Å². The lowest BCUT2D eigenvalue weighted by molar-refractivity contribution is 0.129. The van der Waals surface area contributed by atoms with E-state index in [1.54, 1.807) is 6.92 Å². The molecular formula is C13H17BrO2S. The molecule has 0 spiro atoms. The number of hydrogen-bond acceptors (Lipinski definition) is 3. The maximum atomic E-state index is 9.54. The maximum Gasteiger partial charge on any atom is 0.0772 e. The topological polar surface area (TPSA) is 29.5 Å². The molecular weight excluding hydrogens is 300 g/mol. The van der Waals surface area contributed by atoms with Crippen molar-refractivity contribution in [1.29, 1.82) is 0 Å². The first-order chi connectivity index (χ1) is 8.16. The molecule has 1 aliphatic rings. The minimum Gasteiger partial charge on any atom is -0.389 e. The average Bonchev–Trinajstić information content (AvgIpc) is 2.78. The van der Waals surface area contributed by atoms with Crippen LogP contribution in [0.2, 0.25) is 0 Å². The molecule has 0 aliphatic carbocycles. The van der Waals surface area contributed by atoms with Gasteiger partial charge in [0.1, 0.15) is 0 Å². The van der Waals surface area contributed by atoms with Crippen LogP contribution in [0.15, 0.2) is 27.6 Å². The van der Waals surface area contributed by atoms with Crippen molar-refractivity contribution in [3.8, 4) is 0 Å². The molecule has 1 heterocycles. The van der Waals surface area contributed by atoms with Crippen molar-refractivity contribution in [3.63, 3.8) is 0 Å². The van der Waals surface area contributed by atoms with E-state index in [4.69, 9.17) is 4.74 Å². The van der Waals surface area contributed by atoms with Crippen LogP contribution in [0.4, 0.5) is 0 Å². The molecule has 1 aliphatic heterocycles. The fourth-order valence-electron chi connectivity index (χ4n) is 1.90. The molecule has 0 amide bonds.